The maximum atomic E-state index is 5.45. The van der Waals surface area contributed by atoms with Gasteiger partial charge in [0.05, 0.1) is 22.4 Å². The zero-order valence-corrected chi connectivity index (χ0v) is 29.3. The molecule has 10 rings (SSSR count). The normalized spacial score (nSPS) is 11.3. The molecule has 0 unspecified atom stereocenters. The molecule has 0 aliphatic rings. The van der Waals surface area contributed by atoms with Crippen molar-refractivity contribution < 1.29 is 0 Å². The van der Waals surface area contributed by atoms with Crippen molar-refractivity contribution in [2.45, 2.75) is 0 Å². The van der Waals surface area contributed by atoms with Crippen molar-refractivity contribution >= 4 is 32.6 Å². The largest absolute Gasteiger partial charge is 0.264 e. The molecule has 0 saturated heterocycles. The molecule has 0 spiro atoms. The van der Waals surface area contributed by atoms with E-state index >= 15 is 0 Å². The standard InChI is InChI=1S/C50H32N4/c1-3-9-39-27-41(23-17-33(39)7-1)45-29-47-48(30-46(45)42-24-18-34-8-2-4-10-40(34)28-42)54-50(38-21-15-36(16-22-38)44-12-6-26-52-32-44)49(53-47)37-19-13-35(14-20-37)43-11-5-25-51-31-43/h1-32H. The summed E-state index contributed by atoms with van der Waals surface area (Å²) in [6.45, 7) is 0. The Balaban J connectivity index is 1.19. The lowest BCUT2D eigenvalue weighted by atomic mass is 9.91. The Labute approximate surface area is 313 Å². The number of nitrogens with zero attached hydrogens (tertiary/aromatic N) is 4. The predicted molar refractivity (Wildman–Crippen MR) is 223 cm³/mol. The molecule has 7 aromatic carbocycles. The summed E-state index contributed by atoms with van der Waals surface area (Å²) in [5.74, 6) is 0. The minimum absolute atomic E-state index is 0.831. The summed E-state index contributed by atoms with van der Waals surface area (Å²) in [4.78, 5) is 19.6. The van der Waals surface area contributed by atoms with Gasteiger partial charge in [-0.3, -0.25) is 9.97 Å². The molecule has 0 saturated carbocycles. The van der Waals surface area contributed by atoms with Gasteiger partial charge in [0.25, 0.3) is 0 Å². The Morgan fingerprint density at radius 2 is 0.667 bits per heavy atom. The molecule has 0 aliphatic carbocycles. The lowest BCUT2D eigenvalue weighted by Gasteiger charge is -2.16. The molecule has 3 heterocycles. The summed E-state index contributed by atoms with van der Waals surface area (Å²) in [5, 5.41) is 4.82. The number of fused-ring (bicyclic) bond motifs is 3. The number of rotatable bonds is 6. The van der Waals surface area contributed by atoms with Gasteiger partial charge >= 0.3 is 0 Å². The molecular formula is C50H32N4. The molecule has 0 radical (unpaired) electrons. The van der Waals surface area contributed by atoms with Crippen LogP contribution in [0.4, 0.5) is 0 Å². The SMILES string of the molecule is c1cncc(-c2ccc(-c3nc4cc(-c5ccc6ccccc6c5)c(-c5ccc6ccccc6c5)cc4nc3-c3ccc(-c4cccnc4)cc3)cc2)c1. The predicted octanol–water partition coefficient (Wildman–Crippen LogP) is 12.7. The molecule has 54 heavy (non-hydrogen) atoms. The van der Waals surface area contributed by atoms with E-state index in [-0.39, 0.29) is 0 Å². The summed E-state index contributed by atoms with van der Waals surface area (Å²) >= 11 is 0. The van der Waals surface area contributed by atoms with Crippen LogP contribution >= 0.6 is 0 Å². The van der Waals surface area contributed by atoms with Crippen molar-refractivity contribution in [3.8, 4) is 67.0 Å². The first-order valence-electron chi connectivity index (χ1n) is 18.1. The van der Waals surface area contributed by atoms with Crippen molar-refractivity contribution in [1.82, 2.24) is 19.9 Å². The summed E-state index contributed by atoms with van der Waals surface area (Å²) in [6.07, 6.45) is 7.38. The van der Waals surface area contributed by atoms with Crippen LogP contribution in [0.1, 0.15) is 0 Å². The average Bonchev–Trinajstić information content (AvgIpc) is 3.26. The van der Waals surface area contributed by atoms with Gasteiger partial charge in [0.1, 0.15) is 0 Å². The Morgan fingerprint density at radius 3 is 1.07 bits per heavy atom. The molecule has 0 N–H and O–H groups in total. The third-order valence-electron chi connectivity index (χ3n) is 10.2. The van der Waals surface area contributed by atoms with Gasteiger partial charge in [0, 0.05) is 35.9 Å². The molecule has 252 valence electrons. The van der Waals surface area contributed by atoms with Crippen LogP contribution in [-0.2, 0) is 0 Å². The first-order chi connectivity index (χ1) is 26.7. The fourth-order valence-electron chi connectivity index (χ4n) is 7.40. The van der Waals surface area contributed by atoms with E-state index in [1.807, 2.05) is 24.5 Å². The van der Waals surface area contributed by atoms with Gasteiger partial charge in [0.2, 0.25) is 0 Å². The van der Waals surface area contributed by atoms with Crippen LogP contribution < -0.4 is 0 Å². The second-order valence-electron chi connectivity index (χ2n) is 13.6. The number of hydrogen-bond donors (Lipinski definition) is 0. The van der Waals surface area contributed by atoms with Crippen LogP contribution in [0.5, 0.6) is 0 Å². The molecule has 0 atom stereocenters. The minimum Gasteiger partial charge on any atom is -0.264 e. The van der Waals surface area contributed by atoms with E-state index in [4.69, 9.17) is 9.97 Å². The minimum atomic E-state index is 0.831. The van der Waals surface area contributed by atoms with Crippen LogP contribution in [0, 0.1) is 0 Å². The van der Waals surface area contributed by atoms with Crippen LogP contribution in [0.15, 0.2) is 195 Å². The second kappa shape index (κ2) is 13.4. The third-order valence-corrected chi connectivity index (χ3v) is 10.2. The molecule has 3 aromatic heterocycles. The monoisotopic (exact) mass is 688 g/mol. The van der Waals surface area contributed by atoms with E-state index in [0.29, 0.717) is 0 Å². The number of benzene rings is 7. The number of pyridine rings is 2. The molecule has 4 nitrogen and oxygen atoms in total. The van der Waals surface area contributed by atoms with Gasteiger partial charge in [-0.1, -0.05) is 133 Å². The van der Waals surface area contributed by atoms with Gasteiger partial charge in [-0.05, 0) is 102 Å². The fraction of sp³-hybridized carbons (Fsp3) is 0. The first kappa shape index (κ1) is 31.4. The van der Waals surface area contributed by atoms with Crippen molar-refractivity contribution in [3.63, 3.8) is 0 Å². The zero-order valence-electron chi connectivity index (χ0n) is 29.3. The number of hydrogen-bond acceptors (Lipinski definition) is 4. The Bertz CT molecular complexity index is 2750. The average molecular weight is 689 g/mol. The Morgan fingerprint density at radius 1 is 0.278 bits per heavy atom. The van der Waals surface area contributed by atoms with Crippen LogP contribution in [0.3, 0.4) is 0 Å². The molecule has 0 amide bonds. The van der Waals surface area contributed by atoms with Crippen molar-refractivity contribution in [2.75, 3.05) is 0 Å². The van der Waals surface area contributed by atoms with E-state index in [0.717, 1.165) is 78.1 Å². The molecule has 4 heteroatoms. The van der Waals surface area contributed by atoms with Crippen molar-refractivity contribution in [2.24, 2.45) is 0 Å². The first-order valence-corrected chi connectivity index (χ1v) is 18.1. The smallest absolute Gasteiger partial charge is 0.0973 e. The maximum absolute atomic E-state index is 5.45. The topological polar surface area (TPSA) is 51.6 Å². The van der Waals surface area contributed by atoms with Gasteiger partial charge in [-0.2, -0.15) is 0 Å². The van der Waals surface area contributed by atoms with Gasteiger partial charge in [0.15, 0.2) is 0 Å². The van der Waals surface area contributed by atoms with Gasteiger partial charge in [-0.15, -0.1) is 0 Å². The highest BCUT2D eigenvalue weighted by Crippen LogP contribution is 2.40. The number of aromatic nitrogens is 4. The fourth-order valence-corrected chi connectivity index (χ4v) is 7.40. The lowest BCUT2D eigenvalue weighted by molar-refractivity contribution is 1.29. The summed E-state index contributed by atoms with van der Waals surface area (Å²) in [7, 11) is 0. The van der Waals surface area contributed by atoms with E-state index in [9.17, 15) is 0 Å². The Hall–Kier alpha value is -7.30. The van der Waals surface area contributed by atoms with Gasteiger partial charge < -0.3 is 0 Å². The molecule has 0 fully saturated rings. The summed E-state index contributed by atoms with van der Waals surface area (Å²) in [6, 6.07) is 60.1. The van der Waals surface area contributed by atoms with Crippen LogP contribution in [0.25, 0.3) is 99.6 Å². The highest BCUT2D eigenvalue weighted by molar-refractivity contribution is 5.99. The maximum Gasteiger partial charge on any atom is 0.0973 e. The van der Waals surface area contributed by atoms with Crippen LogP contribution in [0.2, 0.25) is 0 Å². The highest BCUT2D eigenvalue weighted by Gasteiger charge is 2.18. The highest BCUT2D eigenvalue weighted by atomic mass is 14.8. The van der Waals surface area contributed by atoms with E-state index in [1.165, 1.54) is 21.5 Å². The molecule has 0 aliphatic heterocycles. The summed E-state index contributed by atoms with van der Waals surface area (Å²) < 4.78 is 0. The molecule has 0 bridgehead atoms. The second-order valence-corrected chi connectivity index (χ2v) is 13.6. The molecular weight excluding hydrogens is 657 g/mol. The van der Waals surface area contributed by atoms with Gasteiger partial charge in [-0.25, -0.2) is 9.97 Å². The van der Waals surface area contributed by atoms with E-state index < -0.39 is 0 Å². The van der Waals surface area contributed by atoms with E-state index in [2.05, 4.69) is 168 Å². The molecule has 10 aromatic rings. The van der Waals surface area contributed by atoms with Crippen molar-refractivity contribution in [1.29, 1.82) is 0 Å². The van der Waals surface area contributed by atoms with Crippen LogP contribution in [-0.4, -0.2) is 19.9 Å². The Kier molecular flexibility index (Phi) is 7.77. The lowest BCUT2D eigenvalue weighted by Crippen LogP contribution is -1.97. The third kappa shape index (κ3) is 5.86. The van der Waals surface area contributed by atoms with Crippen molar-refractivity contribution in [3.05, 3.63) is 195 Å². The zero-order chi connectivity index (χ0) is 35.8. The quantitative estimate of drug-likeness (QED) is 0.174. The van der Waals surface area contributed by atoms with E-state index in [1.54, 1.807) is 12.4 Å². The summed E-state index contributed by atoms with van der Waals surface area (Å²) in [5.41, 5.74) is 14.2.